The standard InChI is InChI=1S/C18H34O2Si/c1-17(2,3)21(4,5)20-16(8-6-13-19)18(11-7-12-18)14-15-9-10-15/h13,15-16H,6-12,14H2,1-5H3. The van der Waals surface area contributed by atoms with E-state index in [4.69, 9.17) is 4.43 Å². The molecule has 0 aromatic heterocycles. The Bertz CT molecular complexity index is 362. The fourth-order valence-corrected chi connectivity index (χ4v) is 4.86. The van der Waals surface area contributed by atoms with Crippen LogP contribution in [0.25, 0.3) is 0 Å². The average Bonchev–Trinajstić information content (AvgIpc) is 3.11. The summed E-state index contributed by atoms with van der Waals surface area (Å²) in [5.74, 6) is 0.951. The Labute approximate surface area is 132 Å². The second-order valence-corrected chi connectivity index (χ2v) is 13.7. The van der Waals surface area contributed by atoms with Crippen LogP contribution in [0.3, 0.4) is 0 Å². The maximum atomic E-state index is 10.9. The maximum absolute atomic E-state index is 10.9. The van der Waals surface area contributed by atoms with Crippen LogP contribution in [-0.4, -0.2) is 20.7 Å². The molecule has 0 bridgehead atoms. The summed E-state index contributed by atoms with van der Waals surface area (Å²) in [7, 11) is -1.76. The fourth-order valence-electron chi connectivity index (χ4n) is 3.43. The van der Waals surface area contributed by atoms with Gasteiger partial charge in [-0.3, -0.25) is 0 Å². The molecule has 2 saturated carbocycles. The first-order valence-electron chi connectivity index (χ1n) is 8.82. The summed E-state index contributed by atoms with van der Waals surface area (Å²) in [5, 5.41) is 0.247. The topological polar surface area (TPSA) is 26.3 Å². The lowest BCUT2D eigenvalue weighted by Gasteiger charge is -2.52. The zero-order chi connectivity index (χ0) is 15.7. The smallest absolute Gasteiger partial charge is 0.192 e. The molecular formula is C18H34O2Si. The highest BCUT2D eigenvalue weighted by Crippen LogP contribution is 2.56. The van der Waals surface area contributed by atoms with Gasteiger partial charge >= 0.3 is 0 Å². The minimum Gasteiger partial charge on any atom is -0.413 e. The molecule has 0 radical (unpaired) electrons. The molecule has 0 aromatic rings. The lowest BCUT2D eigenvalue weighted by molar-refractivity contribution is -0.109. The Morgan fingerprint density at radius 3 is 2.29 bits per heavy atom. The highest BCUT2D eigenvalue weighted by atomic mass is 28.4. The van der Waals surface area contributed by atoms with Gasteiger partial charge in [-0.1, -0.05) is 40.0 Å². The summed E-state index contributed by atoms with van der Waals surface area (Å²) in [5.41, 5.74) is 0.402. The van der Waals surface area contributed by atoms with Crippen LogP contribution in [0.5, 0.6) is 0 Å². The summed E-state index contributed by atoms with van der Waals surface area (Å²) in [6, 6.07) is 0. The Hall–Kier alpha value is -0.153. The van der Waals surface area contributed by atoms with Crippen molar-refractivity contribution in [2.45, 2.75) is 96.4 Å². The van der Waals surface area contributed by atoms with Crippen molar-refractivity contribution in [2.24, 2.45) is 11.3 Å². The molecule has 0 heterocycles. The van der Waals surface area contributed by atoms with E-state index in [0.29, 0.717) is 17.9 Å². The van der Waals surface area contributed by atoms with Crippen LogP contribution >= 0.6 is 0 Å². The van der Waals surface area contributed by atoms with Crippen LogP contribution in [-0.2, 0) is 9.22 Å². The maximum Gasteiger partial charge on any atom is 0.192 e. The van der Waals surface area contributed by atoms with E-state index in [1.54, 1.807) is 0 Å². The number of hydrogen-bond donors (Lipinski definition) is 0. The van der Waals surface area contributed by atoms with Crippen molar-refractivity contribution in [1.82, 2.24) is 0 Å². The van der Waals surface area contributed by atoms with Gasteiger partial charge in [0.2, 0.25) is 0 Å². The second-order valence-electron chi connectivity index (χ2n) is 8.97. The van der Waals surface area contributed by atoms with E-state index in [1.165, 1.54) is 38.5 Å². The van der Waals surface area contributed by atoms with Gasteiger partial charge in [0.25, 0.3) is 0 Å². The SMILES string of the molecule is CC(C)(C)[Si](C)(C)OC(CCC=O)C1(CC2CC2)CCC1. The molecular weight excluding hydrogens is 276 g/mol. The molecule has 0 spiro atoms. The molecule has 2 aliphatic rings. The number of hydrogen-bond acceptors (Lipinski definition) is 2. The van der Waals surface area contributed by atoms with E-state index < -0.39 is 8.32 Å². The monoisotopic (exact) mass is 310 g/mol. The number of carbonyl (C=O) groups is 1. The van der Waals surface area contributed by atoms with Gasteiger partial charge < -0.3 is 9.22 Å². The van der Waals surface area contributed by atoms with Gasteiger partial charge in [0.1, 0.15) is 6.29 Å². The van der Waals surface area contributed by atoms with Crippen LogP contribution in [0.2, 0.25) is 18.1 Å². The molecule has 2 nitrogen and oxygen atoms in total. The average molecular weight is 311 g/mol. The molecule has 2 rings (SSSR count). The number of rotatable bonds is 8. The van der Waals surface area contributed by atoms with Crippen molar-refractivity contribution in [3.05, 3.63) is 0 Å². The highest BCUT2D eigenvalue weighted by Gasteiger charge is 2.50. The quantitative estimate of drug-likeness (QED) is 0.447. The molecule has 0 aromatic carbocycles. The lowest BCUT2D eigenvalue weighted by atomic mass is 9.61. The predicted octanol–water partition coefficient (Wildman–Crippen LogP) is 5.33. The van der Waals surface area contributed by atoms with Crippen molar-refractivity contribution < 1.29 is 9.22 Å². The number of aldehydes is 1. The van der Waals surface area contributed by atoms with Gasteiger partial charge in [0.15, 0.2) is 8.32 Å². The first-order chi connectivity index (χ1) is 9.70. The molecule has 1 unspecified atom stereocenters. The first-order valence-corrected chi connectivity index (χ1v) is 11.7. The largest absolute Gasteiger partial charge is 0.413 e. The van der Waals surface area contributed by atoms with Crippen LogP contribution in [0.1, 0.15) is 72.1 Å². The van der Waals surface area contributed by atoms with Crippen molar-refractivity contribution in [3.8, 4) is 0 Å². The third kappa shape index (κ3) is 3.98. The molecule has 3 heteroatoms. The van der Waals surface area contributed by atoms with E-state index >= 15 is 0 Å². The molecule has 1 atom stereocenters. The van der Waals surface area contributed by atoms with Gasteiger partial charge in [0, 0.05) is 6.42 Å². The zero-order valence-corrected chi connectivity index (χ0v) is 15.7. The van der Waals surface area contributed by atoms with E-state index in [9.17, 15) is 4.79 Å². The Morgan fingerprint density at radius 2 is 1.90 bits per heavy atom. The second kappa shape index (κ2) is 6.15. The van der Waals surface area contributed by atoms with Crippen molar-refractivity contribution in [2.75, 3.05) is 0 Å². The third-order valence-electron chi connectivity index (χ3n) is 6.21. The normalized spacial score (nSPS) is 23.5. The van der Waals surface area contributed by atoms with E-state index in [1.807, 2.05) is 0 Å². The first kappa shape index (κ1) is 17.2. The third-order valence-corrected chi connectivity index (χ3v) is 10.7. The molecule has 21 heavy (non-hydrogen) atoms. The minimum absolute atomic E-state index is 0.247. The van der Waals surface area contributed by atoms with Crippen molar-refractivity contribution in [3.63, 3.8) is 0 Å². The summed E-state index contributed by atoms with van der Waals surface area (Å²) in [6.45, 7) is 11.6. The van der Waals surface area contributed by atoms with E-state index in [2.05, 4.69) is 33.9 Å². The summed E-state index contributed by atoms with van der Waals surface area (Å²) >= 11 is 0. The molecule has 2 aliphatic carbocycles. The molecule has 0 aliphatic heterocycles. The van der Waals surface area contributed by atoms with Gasteiger partial charge in [-0.2, -0.15) is 0 Å². The molecule has 0 N–H and O–H groups in total. The van der Waals surface area contributed by atoms with Gasteiger partial charge in [0.05, 0.1) is 6.10 Å². The molecule has 0 saturated heterocycles. The summed E-state index contributed by atoms with van der Waals surface area (Å²) in [4.78, 5) is 10.9. The molecule has 2 fully saturated rings. The van der Waals surface area contributed by atoms with Gasteiger partial charge in [-0.25, -0.2) is 0 Å². The lowest BCUT2D eigenvalue weighted by Crippen LogP contribution is -2.51. The highest BCUT2D eigenvalue weighted by molar-refractivity contribution is 6.74. The van der Waals surface area contributed by atoms with Gasteiger partial charge in [-0.05, 0) is 55.1 Å². The van der Waals surface area contributed by atoms with E-state index in [-0.39, 0.29) is 5.04 Å². The zero-order valence-electron chi connectivity index (χ0n) is 14.7. The Morgan fingerprint density at radius 1 is 1.29 bits per heavy atom. The van der Waals surface area contributed by atoms with Gasteiger partial charge in [-0.15, -0.1) is 0 Å². The fraction of sp³-hybridized carbons (Fsp3) is 0.944. The Balaban J connectivity index is 2.11. The minimum atomic E-state index is -1.76. The van der Waals surface area contributed by atoms with Crippen LogP contribution in [0.4, 0.5) is 0 Å². The summed E-state index contributed by atoms with van der Waals surface area (Å²) in [6.07, 6.45) is 11.2. The van der Waals surface area contributed by atoms with Crippen LogP contribution < -0.4 is 0 Å². The Kier molecular flexibility index (Phi) is 5.04. The van der Waals surface area contributed by atoms with Crippen molar-refractivity contribution in [1.29, 1.82) is 0 Å². The van der Waals surface area contributed by atoms with Crippen LogP contribution in [0.15, 0.2) is 0 Å². The number of carbonyl (C=O) groups excluding carboxylic acids is 1. The predicted molar refractivity (Wildman–Crippen MR) is 91.0 cm³/mol. The van der Waals surface area contributed by atoms with E-state index in [0.717, 1.165) is 18.6 Å². The summed E-state index contributed by atoms with van der Waals surface area (Å²) < 4.78 is 6.82. The van der Waals surface area contributed by atoms with Crippen LogP contribution in [0, 0.1) is 11.3 Å². The molecule has 0 amide bonds. The van der Waals surface area contributed by atoms with Crippen molar-refractivity contribution >= 4 is 14.6 Å². The molecule has 122 valence electrons.